The summed E-state index contributed by atoms with van der Waals surface area (Å²) in [4.78, 5) is 37.8. The molecule has 1 aliphatic heterocycles. The highest BCUT2D eigenvalue weighted by Gasteiger charge is 2.34. The molecule has 3 amide bonds. The third-order valence-electron chi connectivity index (χ3n) is 3.71. The van der Waals surface area contributed by atoms with Gasteiger partial charge in [0.15, 0.2) is 0 Å². The number of imide groups is 1. The van der Waals surface area contributed by atoms with Gasteiger partial charge in [-0.05, 0) is 35.5 Å². The molecule has 0 radical (unpaired) electrons. The number of halogens is 1. The van der Waals surface area contributed by atoms with Crippen LogP contribution in [0.5, 0.6) is 0 Å². The lowest BCUT2D eigenvalue weighted by atomic mass is 10.2. The molecule has 1 N–H and O–H groups in total. The first-order valence-corrected chi connectivity index (χ1v) is 8.71. The molecule has 1 saturated heterocycles. The van der Waals surface area contributed by atoms with Crippen LogP contribution in [0.2, 0.25) is 0 Å². The van der Waals surface area contributed by atoms with Crippen LogP contribution in [0.15, 0.2) is 59.5 Å². The van der Waals surface area contributed by atoms with E-state index in [2.05, 4.69) is 5.32 Å². The van der Waals surface area contributed by atoms with Crippen molar-refractivity contribution in [3.05, 3.63) is 76.4 Å². The largest absolute Gasteiger partial charge is 0.350 e. The lowest BCUT2D eigenvalue weighted by molar-refractivity contribution is -0.122. The molecule has 1 fully saturated rings. The smallest absolute Gasteiger partial charge is 0.293 e. The van der Waals surface area contributed by atoms with Crippen molar-refractivity contribution in [3.8, 4) is 0 Å². The normalized spacial score (nSPS) is 15.6. The molecular weight excluding hydrogens is 355 g/mol. The van der Waals surface area contributed by atoms with Crippen LogP contribution in [0, 0.1) is 5.82 Å². The van der Waals surface area contributed by atoms with E-state index in [9.17, 15) is 18.8 Å². The summed E-state index contributed by atoms with van der Waals surface area (Å²) in [6.45, 7) is 0.0703. The van der Waals surface area contributed by atoms with Crippen LogP contribution < -0.4 is 5.32 Å². The number of carbonyl (C=O) groups excluding carboxylic acids is 3. The van der Waals surface area contributed by atoms with Crippen LogP contribution in [0.4, 0.5) is 9.18 Å². The number of hydrogen-bond acceptors (Lipinski definition) is 4. The van der Waals surface area contributed by atoms with Crippen molar-refractivity contribution in [2.75, 3.05) is 13.1 Å². The topological polar surface area (TPSA) is 66.5 Å². The maximum atomic E-state index is 13.6. The number of benzene rings is 2. The Morgan fingerprint density at radius 1 is 1.08 bits per heavy atom. The molecule has 0 atom stereocenters. The molecule has 0 bridgehead atoms. The minimum atomic E-state index is -0.623. The van der Waals surface area contributed by atoms with Crippen molar-refractivity contribution in [3.63, 3.8) is 0 Å². The lowest BCUT2D eigenvalue weighted by Gasteiger charge is -2.13. The van der Waals surface area contributed by atoms with Gasteiger partial charge in [0.05, 0.1) is 10.5 Å². The lowest BCUT2D eigenvalue weighted by Crippen LogP contribution is -2.37. The summed E-state index contributed by atoms with van der Waals surface area (Å²) >= 11 is 0.860. The summed E-state index contributed by atoms with van der Waals surface area (Å²) in [6.07, 6.45) is 1.66. The fourth-order valence-electron chi connectivity index (χ4n) is 2.42. The van der Waals surface area contributed by atoms with E-state index in [1.54, 1.807) is 12.1 Å². The van der Waals surface area contributed by atoms with Crippen molar-refractivity contribution in [1.29, 1.82) is 0 Å². The fourth-order valence-corrected chi connectivity index (χ4v) is 3.28. The van der Waals surface area contributed by atoms with Gasteiger partial charge in [-0.2, -0.15) is 0 Å². The zero-order chi connectivity index (χ0) is 18.5. The molecule has 1 heterocycles. The maximum absolute atomic E-state index is 13.6. The molecule has 2 aromatic carbocycles. The second-order valence-corrected chi connectivity index (χ2v) is 6.47. The first-order valence-electron chi connectivity index (χ1n) is 7.89. The van der Waals surface area contributed by atoms with Gasteiger partial charge < -0.3 is 5.32 Å². The highest BCUT2D eigenvalue weighted by Crippen LogP contribution is 2.31. The third kappa shape index (κ3) is 4.00. The van der Waals surface area contributed by atoms with Crippen LogP contribution in [-0.2, 0) is 4.79 Å². The van der Waals surface area contributed by atoms with E-state index in [0.29, 0.717) is 4.91 Å². The van der Waals surface area contributed by atoms with E-state index in [1.807, 2.05) is 30.3 Å². The fraction of sp³-hybridized carbons (Fsp3) is 0.105. The molecule has 0 unspecified atom stereocenters. The zero-order valence-electron chi connectivity index (χ0n) is 13.6. The van der Waals surface area contributed by atoms with Gasteiger partial charge in [0.1, 0.15) is 5.82 Å². The molecule has 0 saturated carbocycles. The van der Waals surface area contributed by atoms with Gasteiger partial charge in [0, 0.05) is 13.1 Å². The second-order valence-electron chi connectivity index (χ2n) is 5.48. The number of rotatable bonds is 5. The van der Waals surface area contributed by atoms with Gasteiger partial charge >= 0.3 is 0 Å². The van der Waals surface area contributed by atoms with Gasteiger partial charge in [-0.3, -0.25) is 19.3 Å². The minimum absolute atomic E-state index is 0.0248. The van der Waals surface area contributed by atoms with Gasteiger partial charge in [-0.25, -0.2) is 4.39 Å². The van der Waals surface area contributed by atoms with E-state index in [0.717, 1.165) is 22.2 Å². The molecule has 2 aromatic rings. The molecular formula is C19H15FN2O3S. The molecule has 132 valence electrons. The maximum Gasteiger partial charge on any atom is 0.293 e. The van der Waals surface area contributed by atoms with Crippen molar-refractivity contribution >= 4 is 34.9 Å². The highest BCUT2D eigenvalue weighted by molar-refractivity contribution is 8.18. The minimum Gasteiger partial charge on any atom is -0.350 e. The summed E-state index contributed by atoms with van der Waals surface area (Å²) < 4.78 is 13.6. The van der Waals surface area contributed by atoms with Crippen molar-refractivity contribution in [2.45, 2.75) is 0 Å². The Morgan fingerprint density at radius 3 is 2.50 bits per heavy atom. The molecule has 26 heavy (non-hydrogen) atoms. The number of nitrogens with one attached hydrogen (secondary N) is 1. The first-order chi connectivity index (χ1) is 12.6. The summed E-state index contributed by atoms with van der Waals surface area (Å²) in [7, 11) is 0. The Hall–Kier alpha value is -2.93. The number of carbonyl (C=O) groups is 3. The average molecular weight is 370 g/mol. The van der Waals surface area contributed by atoms with E-state index in [1.165, 1.54) is 18.2 Å². The van der Waals surface area contributed by atoms with Crippen molar-refractivity contribution in [2.24, 2.45) is 0 Å². The number of nitrogens with zero attached hydrogens (tertiary/aromatic N) is 1. The second kappa shape index (κ2) is 7.97. The van der Waals surface area contributed by atoms with Crippen LogP contribution in [0.25, 0.3) is 6.08 Å². The Bertz CT molecular complexity index is 883. The Balaban J connectivity index is 1.59. The molecule has 3 rings (SSSR count). The third-order valence-corrected chi connectivity index (χ3v) is 4.62. The predicted molar refractivity (Wildman–Crippen MR) is 97.9 cm³/mol. The summed E-state index contributed by atoms with van der Waals surface area (Å²) in [5.74, 6) is -1.61. The van der Waals surface area contributed by atoms with Gasteiger partial charge in [0.2, 0.25) is 0 Å². The number of thioether (sulfide) groups is 1. The van der Waals surface area contributed by atoms with Crippen LogP contribution in [0.1, 0.15) is 15.9 Å². The predicted octanol–water partition coefficient (Wildman–Crippen LogP) is 3.29. The Morgan fingerprint density at radius 2 is 1.77 bits per heavy atom. The summed E-state index contributed by atoms with van der Waals surface area (Å²) in [6, 6.07) is 14.8. The summed E-state index contributed by atoms with van der Waals surface area (Å²) in [5, 5.41) is 2.13. The molecule has 5 nitrogen and oxygen atoms in total. The summed E-state index contributed by atoms with van der Waals surface area (Å²) in [5.41, 5.74) is 0.747. The van der Waals surface area contributed by atoms with Gasteiger partial charge in [0.25, 0.3) is 17.1 Å². The van der Waals surface area contributed by atoms with E-state index in [4.69, 9.17) is 0 Å². The van der Waals surface area contributed by atoms with Crippen molar-refractivity contribution < 1.29 is 18.8 Å². The number of hydrogen-bond donors (Lipinski definition) is 1. The quantitative estimate of drug-likeness (QED) is 0.820. The monoisotopic (exact) mass is 370 g/mol. The molecule has 1 aliphatic rings. The SMILES string of the molecule is O=C(NCCN1C(=O)S/C(=C/c2ccccc2)C1=O)c1ccccc1F. The zero-order valence-corrected chi connectivity index (χ0v) is 14.5. The molecule has 0 aromatic heterocycles. The van der Waals surface area contributed by atoms with Crippen molar-refractivity contribution in [1.82, 2.24) is 10.2 Å². The van der Waals surface area contributed by atoms with E-state index >= 15 is 0 Å². The highest BCUT2D eigenvalue weighted by atomic mass is 32.2. The van der Waals surface area contributed by atoms with E-state index < -0.39 is 22.9 Å². The first kappa shape index (κ1) is 17.9. The van der Waals surface area contributed by atoms with Crippen LogP contribution in [0.3, 0.4) is 0 Å². The molecule has 0 aliphatic carbocycles. The molecule has 7 heteroatoms. The Kier molecular flexibility index (Phi) is 5.48. The average Bonchev–Trinajstić information content (AvgIpc) is 2.90. The Labute approximate surface area is 153 Å². The van der Waals surface area contributed by atoms with Crippen LogP contribution >= 0.6 is 11.8 Å². The van der Waals surface area contributed by atoms with Crippen LogP contribution in [-0.4, -0.2) is 35.0 Å². The van der Waals surface area contributed by atoms with E-state index in [-0.39, 0.29) is 18.7 Å². The standard InChI is InChI=1S/C19H15FN2O3S/c20-15-9-5-4-8-14(15)17(23)21-10-11-22-18(24)16(26-19(22)25)12-13-6-2-1-3-7-13/h1-9,12H,10-11H2,(H,21,23)/b16-12+. The molecule has 0 spiro atoms. The number of amides is 3. The van der Waals surface area contributed by atoms with Gasteiger partial charge in [-0.1, -0.05) is 42.5 Å². The van der Waals surface area contributed by atoms with Gasteiger partial charge in [-0.15, -0.1) is 0 Å².